The van der Waals surface area contributed by atoms with Crippen molar-refractivity contribution in [3.63, 3.8) is 0 Å². The molecule has 1 aromatic rings. The van der Waals surface area contributed by atoms with E-state index in [1.807, 2.05) is 17.9 Å². The largest absolute Gasteiger partial charge is 0.354 e. The predicted molar refractivity (Wildman–Crippen MR) is 107 cm³/mol. The zero-order valence-corrected chi connectivity index (χ0v) is 17.0. The van der Waals surface area contributed by atoms with E-state index in [4.69, 9.17) is 4.99 Å². The lowest BCUT2D eigenvalue weighted by Gasteiger charge is -2.25. The van der Waals surface area contributed by atoms with Crippen LogP contribution < -0.4 is 5.32 Å². The summed E-state index contributed by atoms with van der Waals surface area (Å²) in [5.74, 6) is 2.27. The second-order valence-corrected chi connectivity index (χ2v) is 10.7. The summed E-state index contributed by atoms with van der Waals surface area (Å²) in [4.78, 5) is 7.26. The lowest BCUT2D eigenvalue weighted by Crippen LogP contribution is -2.44. The Balaban J connectivity index is 1.43. The fourth-order valence-electron chi connectivity index (χ4n) is 4.60. The van der Waals surface area contributed by atoms with E-state index in [0.29, 0.717) is 30.0 Å². The summed E-state index contributed by atoms with van der Waals surface area (Å²) in [6.45, 7) is 2.55. The monoisotopic (exact) mass is 393 g/mol. The molecular formula is C19H31N5O2S. The minimum absolute atomic E-state index is 0.173. The van der Waals surface area contributed by atoms with Crippen LogP contribution in [-0.4, -0.2) is 66.2 Å². The van der Waals surface area contributed by atoms with Crippen molar-refractivity contribution in [3.8, 4) is 0 Å². The summed E-state index contributed by atoms with van der Waals surface area (Å²) in [5.41, 5.74) is 1.29. The minimum atomic E-state index is -2.84. The maximum absolute atomic E-state index is 11.7. The van der Waals surface area contributed by atoms with Crippen LogP contribution in [0.4, 0.5) is 0 Å². The van der Waals surface area contributed by atoms with Gasteiger partial charge in [-0.2, -0.15) is 5.10 Å². The molecule has 3 fully saturated rings. The molecule has 2 saturated heterocycles. The zero-order valence-electron chi connectivity index (χ0n) is 16.2. The van der Waals surface area contributed by atoms with Crippen molar-refractivity contribution in [1.82, 2.24) is 20.0 Å². The van der Waals surface area contributed by atoms with E-state index in [1.165, 1.54) is 31.2 Å². The third kappa shape index (κ3) is 4.65. The van der Waals surface area contributed by atoms with Gasteiger partial charge in [-0.3, -0.25) is 9.67 Å². The molecule has 2 atom stereocenters. The molecule has 4 rings (SSSR count). The van der Waals surface area contributed by atoms with Crippen molar-refractivity contribution in [2.24, 2.45) is 18.0 Å². The lowest BCUT2D eigenvalue weighted by molar-refractivity contribution is 0.460. The van der Waals surface area contributed by atoms with Gasteiger partial charge in [-0.15, -0.1) is 0 Å². The van der Waals surface area contributed by atoms with E-state index in [-0.39, 0.29) is 5.92 Å². The summed E-state index contributed by atoms with van der Waals surface area (Å²) < 4.78 is 25.3. The molecule has 1 saturated carbocycles. The van der Waals surface area contributed by atoms with Gasteiger partial charge < -0.3 is 10.2 Å². The minimum Gasteiger partial charge on any atom is -0.354 e. The maximum Gasteiger partial charge on any atom is 0.194 e. The summed E-state index contributed by atoms with van der Waals surface area (Å²) in [5, 5.41) is 8.00. The Morgan fingerprint density at radius 2 is 2.11 bits per heavy atom. The highest BCUT2D eigenvalue weighted by molar-refractivity contribution is 7.91. The second kappa shape index (κ2) is 7.81. The number of likely N-dealkylation sites (tertiary alicyclic amines) is 1. The zero-order chi connectivity index (χ0) is 18.9. The first-order chi connectivity index (χ1) is 13.0. The third-order valence-electron chi connectivity index (χ3n) is 6.20. The number of rotatable bonds is 4. The Kier molecular flexibility index (Phi) is 5.43. The fraction of sp³-hybridized carbons (Fsp3) is 0.789. The van der Waals surface area contributed by atoms with Crippen LogP contribution >= 0.6 is 0 Å². The molecule has 1 N–H and O–H groups in total. The average Bonchev–Trinajstić information content (AvgIpc) is 3.39. The van der Waals surface area contributed by atoms with E-state index in [2.05, 4.69) is 21.5 Å². The molecule has 0 aromatic carbocycles. The highest BCUT2D eigenvalue weighted by Gasteiger charge is 2.30. The van der Waals surface area contributed by atoms with Crippen LogP contribution in [0.3, 0.4) is 0 Å². The Bertz CT molecular complexity index is 782. The van der Waals surface area contributed by atoms with Crippen LogP contribution in [0.15, 0.2) is 17.4 Å². The van der Waals surface area contributed by atoms with Crippen LogP contribution in [-0.2, 0) is 16.9 Å². The molecule has 8 heteroatoms. The first-order valence-electron chi connectivity index (χ1n) is 10.2. The Hall–Kier alpha value is -1.57. The van der Waals surface area contributed by atoms with Gasteiger partial charge in [0.05, 0.1) is 17.7 Å². The van der Waals surface area contributed by atoms with Crippen molar-refractivity contribution in [1.29, 1.82) is 0 Å². The first kappa shape index (κ1) is 18.8. The molecule has 1 aliphatic carbocycles. The van der Waals surface area contributed by atoms with Gasteiger partial charge in [-0.05, 0) is 37.2 Å². The first-order valence-corrected chi connectivity index (χ1v) is 12.1. The number of hydrogen-bond donors (Lipinski definition) is 1. The summed E-state index contributed by atoms with van der Waals surface area (Å²) in [6, 6.07) is 0.508. The quantitative estimate of drug-likeness (QED) is 0.620. The molecule has 2 unspecified atom stereocenters. The number of aryl methyl sites for hydroxylation is 1. The third-order valence-corrected chi connectivity index (χ3v) is 8.04. The molecule has 0 amide bonds. The molecule has 3 aliphatic rings. The van der Waals surface area contributed by atoms with Crippen LogP contribution in [0.1, 0.15) is 50.0 Å². The fourth-order valence-corrected chi connectivity index (χ4v) is 6.45. The molecule has 2 aliphatic heterocycles. The van der Waals surface area contributed by atoms with Crippen molar-refractivity contribution >= 4 is 15.8 Å². The molecule has 150 valence electrons. The van der Waals surface area contributed by atoms with Gasteiger partial charge in [-0.1, -0.05) is 12.8 Å². The Labute approximate surface area is 162 Å². The number of guanidine groups is 1. The van der Waals surface area contributed by atoms with Crippen molar-refractivity contribution in [2.75, 3.05) is 31.1 Å². The van der Waals surface area contributed by atoms with Crippen molar-refractivity contribution in [2.45, 2.75) is 50.5 Å². The van der Waals surface area contributed by atoms with E-state index < -0.39 is 9.84 Å². The molecule has 0 spiro atoms. The van der Waals surface area contributed by atoms with Crippen molar-refractivity contribution in [3.05, 3.63) is 18.0 Å². The van der Waals surface area contributed by atoms with Crippen LogP contribution in [0.25, 0.3) is 0 Å². The van der Waals surface area contributed by atoms with Gasteiger partial charge in [0.2, 0.25) is 0 Å². The summed E-state index contributed by atoms with van der Waals surface area (Å²) in [6.07, 6.45) is 10.9. The van der Waals surface area contributed by atoms with E-state index >= 15 is 0 Å². The highest BCUT2D eigenvalue weighted by Crippen LogP contribution is 2.28. The van der Waals surface area contributed by atoms with Gasteiger partial charge in [0, 0.05) is 44.8 Å². The SMILES string of the molecule is Cn1cc(C2CCN(C(=NCC3CCS(=O)(=O)C3)NC3CCCC3)C2)cn1. The Morgan fingerprint density at radius 3 is 2.78 bits per heavy atom. The molecule has 7 nitrogen and oxygen atoms in total. The molecule has 27 heavy (non-hydrogen) atoms. The Morgan fingerprint density at radius 1 is 1.30 bits per heavy atom. The molecule has 3 heterocycles. The smallest absolute Gasteiger partial charge is 0.194 e. The van der Waals surface area contributed by atoms with E-state index in [0.717, 1.165) is 31.9 Å². The predicted octanol–water partition coefficient (Wildman–Crippen LogP) is 1.53. The topological polar surface area (TPSA) is 79.6 Å². The number of aliphatic imine (C=N–C) groups is 1. The van der Waals surface area contributed by atoms with Gasteiger partial charge in [-0.25, -0.2) is 8.42 Å². The molecule has 0 bridgehead atoms. The number of hydrogen-bond acceptors (Lipinski definition) is 4. The second-order valence-electron chi connectivity index (χ2n) is 8.44. The number of aromatic nitrogens is 2. The van der Waals surface area contributed by atoms with Crippen LogP contribution in [0, 0.1) is 5.92 Å². The highest BCUT2D eigenvalue weighted by atomic mass is 32.2. The number of sulfone groups is 1. The average molecular weight is 394 g/mol. The van der Waals surface area contributed by atoms with Gasteiger partial charge in [0.25, 0.3) is 0 Å². The standard InChI is InChI=1S/C19H31N5O2S/c1-23-12-17(11-21-23)16-6-8-24(13-16)19(22-18-4-2-3-5-18)20-10-15-7-9-27(25,26)14-15/h11-12,15-16,18H,2-10,13-14H2,1H3,(H,20,22). The van der Waals surface area contributed by atoms with Gasteiger partial charge in [0.1, 0.15) is 0 Å². The van der Waals surface area contributed by atoms with Crippen molar-refractivity contribution < 1.29 is 8.42 Å². The molecular weight excluding hydrogens is 362 g/mol. The number of nitrogens with zero attached hydrogens (tertiary/aromatic N) is 4. The number of nitrogens with one attached hydrogen (secondary N) is 1. The van der Waals surface area contributed by atoms with Gasteiger partial charge in [0.15, 0.2) is 15.8 Å². The normalized spacial score (nSPS) is 28.9. The van der Waals surface area contributed by atoms with E-state index in [9.17, 15) is 8.42 Å². The lowest BCUT2D eigenvalue weighted by atomic mass is 10.0. The van der Waals surface area contributed by atoms with Gasteiger partial charge >= 0.3 is 0 Å². The van der Waals surface area contributed by atoms with Crippen LogP contribution in [0.5, 0.6) is 0 Å². The maximum atomic E-state index is 11.7. The van der Waals surface area contributed by atoms with Crippen LogP contribution in [0.2, 0.25) is 0 Å². The summed E-state index contributed by atoms with van der Waals surface area (Å²) in [7, 11) is -0.881. The summed E-state index contributed by atoms with van der Waals surface area (Å²) >= 11 is 0. The van der Waals surface area contributed by atoms with E-state index in [1.54, 1.807) is 0 Å². The molecule has 1 aromatic heterocycles. The molecule has 0 radical (unpaired) electrons.